The molecule has 0 bridgehead atoms. The first-order chi connectivity index (χ1) is 7.61. The molecule has 16 heavy (non-hydrogen) atoms. The van der Waals surface area contributed by atoms with Gasteiger partial charge in [-0.2, -0.15) is 0 Å². The summed E-state index contributed by atoms with van der Waals surface area (Å²) in [4.78, 5) is 11.1. The topological polar surface area (TPSA) is 61.4 Å². The van der Waals surface area contributed by atoms with Crippen molar-refractivity contribution in [3.8, 4) is 0 Å². The van der Waals surface area contributed by atoms with Crippen molar-refractivity contribution in [1.29, 1.82) is 0 Å². The Hall–Kier alpha value is -0.610. The van der Waals surface area contributed by atoms with Crippen LogP contribution in [-0.4, -0.2) is 36.8 Å². The second kappa shape index (κ2) is 6.86. The van der Waals surface area contributed by atoms with E-state index in [4.69, 9.17) is 0 Å². The van der Waals surface area contributed by atoms with Crippen LogP contribution in [-0.2, 0) is 4.79 Å². The van der Waals surface area contributed by atoms with Gasteiger partial charge in [-0.05, 0) is 38.6 Å². The molecule has 94 valence electrons. The number of amides is 1. The lowest BCUT2D eigenvalue weighted by Crippen LogP contribution is -2.37. The Morgan fingerprint density at radius 1 is 1.50 bits per heavy atom. The fourth-order valence-corrected chi connectivity index (χ4v) is 2.27. The van der Waals surface area contributed by atoms with E-state index >= 15 is 0 Å². The van der Waals surface area contributed by atoms with Crippen molar-refractivity contribution in [2.75, 3.05) is 13.6 Å². The molecule has 1 saturated carbocycles. The van der Waals surface area contributed by atoms with Crippen LogP contribution in [0, 0.1) is 5.92 Å². The Balaban J connectivity index is 2.15. The Labute approximate surface area is 97.8 Å². The highest BCUT2D eigenvalue weighted by Crippen LogP contribution is 2.23. The van der Waals surface area contributed by atoms with Crippen LogP contribution >= 0.6 is 0 Å². The number of carbonyl (C=O) groups is 1. The number of rotatable bonds is 5. The van der Waals surface area contributed by atoms with Crippen LogP contribution in [0.3, 0.4) is 0 Å². The van der Waals surface area contributed by atoms with Gasteiger partial charge in [0.1, 0.15) is 0 Å². The molecule has 4 heteroatoms. The minimum Gasteiger partial charge on any atom is -0.393 e. The van der Waals surface area contributed by atoms with E-state index in [0.717, 1.165) is 25.8 Å². The van der Waals surface area contributed by atoms with Gasteiger partial charge in [0.15, 0.2) is 0 Å². The van der Waals surface area contributed by atoms with Gasteiger partial charge in [-0.15, -0.1) is 0 Å². The third-order valence-corrected chi connectivity index (χ3v) is 3.28. The van der Waals surface area contributed by atoms with Crippen molar-refractivity contribution in [2.24, 2.45) is 5.92 Å². The first kappa shape index (κ1) is 13.5. The summed E-state index contributed by atoms with van der Waals surface area (Å²) in [6.07, 6.45) is 4.57. The lowest BCUT2D eigenvalue weighted by Gasteiger charge is -2.27. The van der Waals surface area contributed by atoms with Crippen molar-refractivity contribution in [2.45, 2.75) is 51.2 Å². The first-order valence-corrected chi connectivity index (χ1v) is 6.23. The molecular weight excluding hydrogens is 204 g/mol. The summed E-state index contributed by atoms with van der Waals surface area (Å²) >= 11 is 0. The fourth-order valence-electron chi connectivity index (χ4n) is 2.27. The maximum absolute atomic E-state index is 11.1. The minimum absolute atomic E-state index is 0.0729. The third-order valence-electron chi connectivity index (χ3n) is 3.28. The van der Waals surface area contributed by atoms with E-state index < -0.39 is 0 Å². The normalized spacial score (nSPS) is 27.4. The SMILES string of the molecule is CNC(=O)CC(C)NCC1CCCC(O)C1. The summed E-state index contributed by atoms with van der Waals surface area (Å²) in [6.45, 7) is 2.93. The largest absolute Gasteiger partial charge is 0.393 e. The zero-order valence-electron chi connectivity index (χ0n) is 10.3. The number of hydrogen-bond donors (Lipinski definition) is 3. The van der Waals surface area contributed by atoms with Gasteiger partial charge in [-0.1, -0.05) is 6.42 Å². The van der Waals surface area contributed by atoms with E-state index in [-0.39, 0.29) is 18.1 Å². The molecule has 1 aliphatic rings. The monoisotopic (exact) mass is 228 g/mol. The molecule has 1 rings (SSSR count). The molecule has 4 nitrogen and oxygen atoms in total. The summed E-state index contributed by atoms with van der Waals surface area (Å²) < 4.78 is 0. The van der Waals surface area contributed by atoms with Crippen LogP contribution < -0.4 is 10.6 Å². The summed E-state index contributed by atoms with van der Waals surface area (Å²) in [5, 5.41) is 15.5. The highest BCUT2D eigenvalue weighted by molar-refractivity contribution is 5.76. The lowest BCUT2D eigenvalue weighted by molar-refractivity contribution is -0.121. The van der Waals surface area contributed by atoms with E-state index in [2.05, 4.69) is 10.6 Å². The molecule has 0 aromatic heterocycles. The first-order valence-electron chi connectivity index (χ1n) is 6.23. The molecule has 0 heterocycles. The van der Waals surface area contributed by atoms with Crippen molar-refractivity contribution < 1.29 is 9.90 Å². The molecule has 1 fully saturated rings. The molecular formula is C12H24N2O2. The summed E-state index contributed by atoms with van der Waals surface area (Å²) in [7, 11) is 1.66. The zero-order valence-corrected chi connectivity index (χ0v) is 10.3. The van der Waals surface area contributed by atoms with Crippen molar-refractivity contribution >= 4 is 5.91 Å². The molecule has 0 aromatic rings. The molecule has 0 aromatic carbocycles. The maximum atomic E-state index is 11.1. The number of hydrogen-bond acceptors (Lipinski definition) is 3. The molecule has 3 atom stereocenters. The Bertz CT molecular complexity index is 221. The zero-order chi connectivity index (χ0) is 12.0. The molecule has 0 aliphatic heterocycles. The molecule has 3 N–H and O–H groups in total. The number of aliphatic hydroxyl groups is 1. The van der Waals surface area contributed by atoms with Crippen LogP contribution in [0.5, 0.6) is 0 Å². The predicted molar refractivity (Wildman–Crippen MR) is 64.1 cm³/mol. The van der Waals surface area contributed by atoms with E-state index in [9.17, 15) is 9.90 Å². The van der Waals surface area contributed by atoms with E-state index in [1.807, 2.05) is 6.92 Å². The summed E-state index contributed by atoms with van der Waals surface area (Å²) in [6, 6.07) is 0.207. The Morgan fingerprint density at radius 3 is 2.88 bits per heavy atom. The van der Waals surface area contributed by atoms with Crippen molar-refractivity contribution in [3.05, 3.63) is 0 Å². The van der Waals surface area contributed by atoms with Gasteiger partial charge in [-0.25, -0.2) is 0 Å². The van der Waals surface area contributed by atoms with E-state index in [0.29, 0.717) is 12.3 Å². The standard InChI is InChI=1S/C12H24N2O2/c1-9(6-12(16)13-2)14-8-10-4-3-5-11(15)7-10/h9-11,14-15H,3-8H2,1-2H3,(H,13,16). The second-order valence-corrected chi connectivity index (χ2v) is 4.87. The van der Waals surface area contributed by atoms with Crippen LogP contribution in [0.4, 0.5) is 0 Å². The quantitative estimate of drug-likeness (QED) is 0.647. The van der Waals surface area contributed by atoms with Gasteiger partial charge < -0.3 is 15.7 Å². The van der Waals surface area contributed by atoms with E-state index in [1.54, 1.807) is 7.05 Å². The van der Waals surface area contributed by atoms with Gasteiger partial charge in [0.25, 0.3) is 0 Å². The van der Waals surface area contributed by atoms with Gasteiger partial charge in [0, 0.05) is 19.5 Å². The fraction of sp³-hybridized carbons (Fsp3) is 0.917. The molecule has 1 amide bonds. The van der Waals surface area contributed by atoms with Crippen molar-refractivity contribution in [3.63, 3.8) is 0 Å². The number of nitrogens with one attached hydrogen (secondary N) is 2. The molecule has 0 saturated heterocycles. The van der Waals surface area contributed by atoms with Crippen LogP contribution in [0.15, 0.2) is 0 Å². The van der Waals surface area contributed by atoms with E-state index in [1.165, 1.54) is 6.42 Å². The maximum Gasteiger partial charge on any atom is 0.221 e. The third kappa shape index (κ3) is 4.94. The minimum atomic E-state index is -0.116. The van der Waals surface area contributed by atoms with Gasteiger partial charge in [0.2, 0.25) is 5.91 Å². The Kier molecular flexibility index (Phi) is 5.77. The Morgan fingerprint density at radius 2 is 2.25 bits per heavy atom. The molecule has 0 radical (unpaired) electrons. The molecule has 0 spiro atoms. The molecule has 3 unspecified atom stereocenters. The summed E-state index contributed by atoms with van der Waals surface area (Å²) in [5.41, 5.74) is 0. The van der Waals surface area contributed by atoms with Crippen molar-refractivity contribution in [1.82, 2.24) is 10.6 Å². The summed E-state index contributed by atoms with van der Waals surface area (Å²) in [5.74, 6) is 0.638. The van der Waals surface area contributed by atoms with Crippen LogP contribution in [0.1, 0.15) is 39.0 Å². The van der Waals surface area contributed by atoms with Gasteiger partial charge >= 0.3 is 0 Å². The second-order valence-electron chi connectivity index (χ2n) is 4.87. The number of carbonyl (C=O) groups excluding carboxylic acids is 1. The van der Waals surface area contributed by atoms with Crippen LogP contribution in [0.25, 0.3) is 0 Å². The predicted octanol–water partition coefficient (Wildman–Crippen LogP) is 0.652. The highest BCUT2D eigenvalue weighted by atomic mass is 16.3. The average molecular weight is 228 g/mol. The number of aliphatic hydroxyl groups excluding tert-OH is 1. The molecule has 1 aliphatic carbocycles. The average Bonchev–Trinajstić information content (AvgIpc) is 2.26. The van der Waals surface area contributed by atoms with Crippen LogP contribution in [0.2, 0.25) is 0 Å². The van der Waals surface area contributed by atoms with Gasteiger partial charge in [0.05, 0.1) is 6.10 Å². The highest BCUT2D eigenvalue weighted by Gasteiger charge is 2.20. The van der Waals surface area contributed by atoms with Gasteiger partial charge in [-0.3, -0.25) is 4.79 Å². The smallest absolute Gasteiger partial charge is 0.221 e. The lowest BCUT2D eigenvalue weighted by atomic mass is 9.87.